The van der Waals surface area contributed by atoms with Crippen LogP contribution in [0.3, 0.4) is 0 Å². The molecule has 1 aliphatic rings. The van der Waals surface area contributed by atoms with Crippen LogP contribution in [0.25, 0.3) is 0 Å². The van der Waals surface area contributed by atoms with Crippen molar-refractivity contribution >= 4 is 46.8 Å². The van der Waals surface area contributed by atoms with Crippen molar-refractivity contribution in [3.05, 3.63) is 52.0 Å². The monoisotopic (exact) mass is 424 g/mol. The van der Waals surface area contributed by atoms with Crippen molar-refractivity contribution in [2.45, 2.75) is 0 Å². The van der Waals surface area contributed by atoms with Crippen LogP contribution in [0.1, 0.15) is 10.4 Å². The fourth-order valence-electron chi connectivity index (χ4n) is 2.31. The molecule has 0 unspecified atom stereocenters. The molecule has 1 heterocycles. The van der Waals surface area contributed by atoms with Crippen LogP contribution in [0.4, 0.5) is 10.5 Å². The average Bonchev–Trinajstić information content (AvgIpc) is 2.67. The molecule has 0 fully saturated rings. The van der Waals surface area contributed by atoms with E-state index in [0.717, 1.165) is 0 Å². The Labute approximate surface area is 169 Å². The van der Waals surface area contributed by atoms with Crippen molar-refractivity contribution in [1.82, 2.24) is 5.32 Å². The van der Waals surface area contributed by atoms with Crippen molar-refractivity contribution < 1.29 is 28.6 Å². The van der Waals surface area contributed by atoms with Gasteiger partial charge in [0.1, 0.15) is 13.2 Å². The molecule has 2 N–H and O–H groups in total. The number of imide groups is 1. The molecule has 10 heteroatoms. The minimum atomic E-state index is -0.838. The van der Waals surface area contributed by atoms with Crippen LogP contribution in [-0.2, 0) is 9.53 Å². The minimum absolute atomic E-state index is 0.0164. The SMILES string of the molecule is O=C(COC(=O)c1cc(Cl)ccc1Cl)NC(=O)Nc1ccc2c(c1)OCCO2. The number of amides is 3. The molecule has 2 aromatic rings. The number of carbonyl (C=O) groups excluding carboxylic acids is 3. The lowest BCUT2D eigenvalue weighted by Gasteiger charge is -2.19. The molecule has 0 atom stereocenters. The highest BCUT2D eigenvalue weighted by molar-refractivity contribution is 6.35. The third-order valence-corrected chi connectivity index (χ3v) is 4.10. The van der Waals surface area contributed by atoms with Crippen molar-refractivity contribution in [1.29, 1.82) is 0 Å². The molecule has 0 aromatic heterocycles. The predicted molar refractivity (Wildman–Crippen MR) is 101 cm³/mol. The van der Waals surface area contributed by atoms with Crippen LogP contribution in [0, 0.1) is 0 Å². The number of nitrogens with one attached hydrogen (secondary N) is 2. The topological polar surface area (TPSA) is 103 Å². The van der Waals surface area contributed by atoms with Crippen LogP contribution >= 0.6 is 23.2 Å². The van der Waals surface area contributed by atoms with Crippen molar-refractivity contribution in [3.8, 4) is 11.5 Å². The molecule has 146 valence electrons. The van der Waals surface area contributed by atoms with Gasteiger partial charge in [-0.2, -0.15) is 0 Å². The quantitative estimate of drug-likeness (QED) is 0.729. The van der Waals surface area contributed by atoms with Gasteiger partial charge in [0.2, 0.25) is 0 Å². The number of carbonyl (C=O) groups is 3. The van der Waals surface area contributed by atoms with Crippen LogP contribution in [0.15, 0.2) is 36.4 Å². The molecule has 0 saturated heterocycles. The van der Waals surface area contributed by atoms with Gasteiger partial charge in [-0.05, 0) is 30.3 Å². The molecule has 0 spiro atoms. The van der Waals surface area contributed by atoms with Gasteiger partial charge < -0.3 is 19.5 Å². The number of anilines is 1. The number of esters is 1. The molecule has 3 amide bonds. The van der Waals surface area contributed by atoms with Gasteiger partial charge in [-0.25, -0.2) is 9.59 Å². The maximum absolute atomic E-state index is 12.0. The lowest BCUT2D eigenvalue weighted by molar-refractivity contribution is -0.123. The molecule has 2 aromatic carbocycles. The standard InChI is InChI=1S/C18H14Cl2N2O6/c19-10-1-3-13(20)12(7-10)17(24)28-9-16(23)22-18(25)21-11-2-4-14-15(8-11)27-6-5-26-14/h1-4,7-8H,5-6,9H2,(H2,21,22,23,25). The molecule has 0 bridgehead atoms. The van der Waals surface area contributed by atoms with Crippen LogP contribution in [0.5, 0.6) is 11.5 Å². The van der Waals surface area contributed by atoms with E-state index in [4.69, 9.17) is 37.4 Å². The first-order chi connectivity index (χ1) is 13.4. The van der Waals surface area contributed by atoms with Crippen LogP contribution in [0.2, 0.25) is 10.0 Å². The number of hydrogen-bond donors (Lipinski definition) is 2. The second-order valence-corrected chi connectivity index (χ2v) is 6.40. The summed E-state index contributed by atoms with van der Waals surface area (Å²) in [5, 5.41) is 4.94. The highest BCUT2D eigenvalue weighted by Gasteiger charge is 2.17. The first-order valence-electron chi connectivity index (χ1n) is 8.05. The Hall–Kier alpha value is -2.97. The Kier molecular flexibility index (Phi) is 6.23. The molecule has 3 rings (SSSR count). The smallest absolute Gasteiger partial charge is 0.340 e. The number of urea groups is 1. The largest absolute Gasteiger partial charge is 0.486 e. The summed E-state index contributed by atoms with van der Waals surface area (Å²) in [4.78, 5) is 35.7. The Morgan fingerprint density at radius 2 is 1.75 bits per heavy atom. The maximum atomic E-state index is 12.0. The summed E-state index contributed by atoms with van der Waals surface area (Å²) in [5.41, 5.74) is 0.417. The van der Waals surface area contributed by atoms with Gasteiger partial charge in [0.25, 0.3) is 5.91 Å². The summed E-state index contributed by atoms with van der Waals surface area (Å²) in [7, 11) is 0. The van der Waals surface area contributed by atoms with E-state index >= 15 is 0 Å². The number of rotatable bonds is 4. The molecule has 0 saturated carbocycles. The second-order valence-electron chi connectivity index (χ2n) is 5.56. The highest BCUT2D eigenvalue weighted by atomic mass is 35.5. The fourth-order valence-corrected chi connectivity index (χ4v) is 2.68. The van der Waals surface area contributed by atoms with Gasteiger partial charge in [0.05, 0.1) is 10.6 Å². The van der Waals surface area contributed by atoms with Crippen LogP contribution < -0.4 is 20.1 Å². The average molecular weight is 425 g/mol. The third-order valence-electron chi connectivity index (χ3n) is 3.54. The summed E-state index contributed by atoms with van der Waals surface area (Å²) in [6, 6.07) is 8.27. The fraction of sp³-hybridized carbons (Fsp3) is 0.167. The molecule has 0 radical (unpaired) electrons. The summed E-state index contributed by atoms with van der Waals surface area (Å²) >= 11 is 11.7. The second kappa shape index (κ2) is 8.81. The minimum Gasteiger partial charge on any atom is -0.486 e. The summed E-state index contributed by atoms with van der Waals surface area (Å²) in [5.74, 6) is -0.598. The molecule has 1 aliphatic heterocycles. The zero-order valence-electron chi connectivity index (χ0n) is 14.3. The highest BCUT2D eigenvalue weighted by Crippen LogP contribution is 2.32. The molecule has 0 aliphatic carbocycles. The lowest BCUT2D eigenvalue weighted by atomic mass is 10.2. The summed E-state index contributed by atoms with van der Waals surface area (Å²) in [6.07, 6.45) is 0. The molecular weight excluding hydrogens is 411 g/mol. The lowest BCUT2D eigenvalue weighted by Crippen LogP contribution is -2.37. The zero-order valence-corrected chi connectivity index (χ0v) is 15.8. The maximum Gasteiger partial charge on any atom is 0.340 e. The number of halogens is 2. The number of hydrogen-bond acceptors (Lipinski definition) is 6. The molecule has 8 nitrogen and oxygen atoms in total. The molecule has 28 heavy (non-hydrogen) atoms. The van der Waals surface area contributed by atoms with E-state index in [2.05, 4.69) is 5.32 Å². The Balaban J connectivity index is 1.50. The third kappa shape index (κ3) is 5.05. The van der Waals surface area contributed by atoms with Crippen molar-refractivity contribution in [2.75, 3.05) is 25.1 Å². The summed E-state index contributed by atoms with van der Waals surface area (Å²) in [6.45, 7) is 0.188. The number of ether oxygens (including phenoxy) is 3. The van der Waals surface area contributed by atoms with Gasteiger partial charge in [-0.3, -0.25) is 10.1 Å². The van der Waals surface area contributed by atoms with E-state index in [1.807, 2.05) is 5.32 Å². The van der Waals surface area contributed by atoms with E-state index in [1.165, 1.54) is 18.2 Å². The van der Waals surface area contributed by atoms with Gasteiger partial charge in [0.15, 0.2) is 18.1 Å². The van der Waals surface area contributed by atoms with E-state index < -0.39 is 24.5 Å². The van der Waals surface area contributed by atoms with Gasteiger partial charge in [-0.15, -0.1) is 0 Å². The number of fused-ring (bicyclic) bond motifs is 1. The first-order valence-corrected chi connectivity index (χ1v) is 8.80. The van der Waals surface area contributed by atoms with Gasteiger partial charge in [-0.1, -0.05) is 23.2 Å². The van der Waals surface area contributed by atoms with E-state index in [-0.39, 0.29) is 10.6 Å². The van der Waals surface area contributed by atoms with Crippen LogP contribution in [-0.4, -0.2) is 37.7 Å². The summed E-state index contributed by atoms with van der Waals surface area (Å²) < 4.78 is 15.6. The predicted octanol–water partition coefficient (Wildman–Crippen LogP) is 3.27. The van der Waals surface area contributed by atoms with Gasteiger partial charge in [0, 0.05) is 16.8 Å². The van der Waals surface area contributed by atoms with E-state index in [0.29, 0.717) is 35.4 Å². The molecular formula is C18H14Cl2N2O6. The Bertz CT molecular complexity index is 934. The first kappa shape index (κ1) is 19.8. The Morgan fingerprint density at radius 3 is 2.54 bits per heavy atom. The number of benzene rings is 2. The van der Waals surface area contributed by atoms with Crippen molar-refractivity contribution in [2.24, 2.45) is 0 Å². The Morgan fingerprint density at radius 1 is 1.00 bits per heavy atom. The van der Waals surface area contributed by atoms with Gasteiger partial charge >= 0.3 is 12.0 Å². The normalized spacial score (nSPS) is 12.1. The van der Waals surface area contributed by atoms with Crippen molar-refractivity contribution in [3.63, 3.8) is 0 Å². The van der Waals surface area contributed by atoms with E-state index in [9.17, 15) is 14.4 Å². The van der Waals surface area contributed by atoms with E-state index in [1.54, 1.807) is 18.2 Å². The zero-order chi connectivity index (χ0) is 20.1.